The highest BCUT2D eigenvalue weighted by atomic mass is 16.2. The summed E-state index contributed by atoms with van der Waals surface area (Å²) < 4.78 is 0. The Morgan fingerprint density at radius 3 is 2.35 bits per heavy atom. The molecule has 0 aromatic heterocycles. The van der Waals surface area contributed by atoms with Gasteiger partial charge in [0.05, 0.1) is 6.54 Å². The molecule has 0 radical (unpaired) electrons. The number of carbonyl (C=O) groups excluding carboxylic acids is 2. The predicted molar refractivity (Wildman–Crippen MR) is 66.6 cm³/mol. The van der Waals surface area contributed by atoms with Crippen molar-refractivity contribution in [3.05, 3.63) is 0 Å². The van der Waals surface area contributed by atoms with Crippen molar-refractivity contribution in [2.45, 2.75) is 52.6 Å². The van der Waals surface area contributed by atoms with Gasteiger partial charge < -0.3 is 16.0 Å². The van der Waals surface area contributed by atoms with Crippen molar-refractivity contribution < 1.29 is 9.59 Å². The minimum atomic E-state index is -0.258. The molecule has 0 aromatic rings. The average molecular weight is 241 g/mol. The summed E-state index contributed by atoms with van der Waals surface area (Å²) in [5, 5.41) is 8.17. The molecule has 3 amide bonds. The van der Waals surface area contributed by atoms with Crippen LogP contribution in [0.5, 0.6) is 0 Å². The molecule has 5 nitrogen and oxygen atoms in total. The third-order valence-electron chi connectivity index (χ3n) is 3.00. The van der Waals surface area contributed by atoms with Gasteiger partial charge in [-0.2, -0.15) is 0 Å². The van der Waals surface area contributed by atoms with Crippen LogP contribution in [0.1, 0.15) is 40.5 Å². The summed E-state index contributed by atoms with van der Waals surface area (Å²) in [7, 11) is 0. The summed E-state index contributed by atoms with van der Waals surface area (Å²) in [5.41, 5.74) is 0.0198. The van der Waals surface area contributed by atoms with Crippen LogP contribution in [0.2, 0.25) is 0 Å². The van der Waals surface area contributed by atoms with E-state index in [2.05, 4.69) is 36.7 Å². The number of carbonyl (C=O) groups is 2. The van der Waals surface area contributed by atoms with Crippen molar-refractivity contribution in [3.63, 3.8) is 0 Å². The SMILES string of the molecule is CC(NC(=O)CNC(=O)NC1CC1)C(C)(C)C. The largest absolute Gasteiger partial charge is 0.352 e. The molecule has 0 bridgehead atoms. The maximum atomic E-state index is 11.6. The van der Waals surface area contributed by atoms with Crippen molar-refractivity contribution >= 4 is 11.9 Å². The Hall–Kier alpha value is -1.26. The van der Waals surface area contributed by atoms with Gasteiger partial charge in [0.15, 0.2) is 0 Å². The summed E-state index contributed by atoms with van der Waals surface area (Å²) in [4.78, 5) is 22.8. The van der Waals surface area contributed by atoms with Gasteiger partial charge in [-0.05, 0) is 25.2 Å². The molecule has 0 heterocycles. The zero-order chi connectivity index (χ0) is 13.1. The molecule has 1 atom stereocenters. The highest BCUT2D eigenvalue weighted by Gasteiger charge is 2.24. The highest BCUT2D eigenvalue weighted by Crippen LogP contribution is 2.18. The third-order valence-corrected chi connectivity index (χ3v) is 3.00. The first-order valence-corrected chi connectivity index (χ1v) is 6.13. The summed E-state index contributed by atoms with van der Waals surface area (Å²) in [6.07, 6.45) is 2.08. The lowest BCUT2D eigenvalue weighted by Crippen LogP contribution is -2.47. The van der Waals surface area contributed by atoms with Gasteiger partial charge in [-0.15, -0.1) is 0 Å². The summed E-state index contributed by atoms with van der Waals surface area (Å²) in [6, 6.07) is 0.126. The van der Waals surface area contributed by atoms with Crippen molar-refractivity contribution in [3.8, 4) is 0 Å². The molecule has 1 aliphatic carbocycles. The van der Waals surface area contributed by atoms with E-state index in [-0.39, 0.29) is 29.9 Å². The van der Waals surface area contributed by atoms with Crippen LogP contribution in [0, 0.1) is 5.41 Å². The van der Waals surface area contributed by atoms with Crippen LogP contribution in [-0.4, -0.2) is 30.6 Å². The quantitative estimate of drug-likeness (QED) is 0.687. The van der Waals surface area contributed by atoms with Crippen LogP contribution < -0.4 is 16.0 Å². The van der Waals surface area contributed by atoms with E-state index in [0.717, 1.165) is 12.8 Å². The number of hydrogen-bond donors (Lipinski definition) is 3. The topological polar surface area (TPSA) is 70.2 Å². The number of urea groups is 1. The molecule has 3 N–H and O–H groups in total. The van der Waals surface area contributed by atoms with Crippen LogP contribution >= 0.6 is 0 Å². The van der Waals surface area contributed by atoms with E-state index in [1.165, 1.54) is 0 Å². The second kappa shape index (κ2) is 5.38. The second-order valence-corrected chi connectivity index (χ2v) is 5.76. The number of amides is 3. The Kier molecular flexibility index (Phi) is 4.37. The van der Waals surface area contributed by atoms with Gasteiger partial charge >= 0.3 is 6.03 Å². The van der Waals surface area contributed by atoms with Gasteiger partial charge in [0, 0.05) is 12.1 Å². The normalized spacial score (nSPS) is 17.2. The maximum absolute atomic E-state index is 11.6. The number of nitrogens with one attached hydrogen (secondary N) is 3. The molecule has 1 rings (SSSR count). The molecule has 1 unspecified atom stereocenters. The van der Waals surface area contributed by atoms with Gasteiger partial charge in [-0.1, -0.05) is 20.8 Å². The second-order valence-electron chi connectivity index (χ2n) is 5.76. The minimum Gasteiger partial charge on any atom is -0.352 e. The van der Waals surface area contributed by atoms with E-state index in [0.29, 0.717) is 6.04 Å². The summed E-state index contributed by atoms with van der Waals surface area (Å²) in [6.45, 7) is 8.17. The lowest BCUT2D eigenvalue weighted by Gasteiger charge is -2.28. The number of rotatable bonds is 4. The van der Waals surface area contributed by atoms with E-state index in [9.17, 15) is 9.59 Å². The van der Waals surface area contributed by atoms with Crippen molar-refractivity contribution in [2.75, 3.05) is 6.54 Å². The van der Waals surface area contributed by atoms with Gasteiger partial charge in [-0.25, -0.2) is 4.79 Å². The Morgan fingerprint density at radius 1 is 1.29 bits per heavy atom. The number of hydrogen-bond acceptors (Lipinski definition) is 2. The Morgan fingerprint density at radius 2 is 1.88 bits per heavy atom. The first-order chi connectivity index (χ1) is 7.79. The first-order valence-electron chi connectivity index (χ1n) is 6.13. The fraction of sp³-hybridized carbons (Fsp3) is 0.833. The third kappa shape index (κ3) is 5.56. The lowest BCUT2D eigenvalue weighted by atomic mass is 9.88. The van der Waals surface area contributed by atoms with Gasteiger partial charge in [0.2, 0.25) is 5.91 Å². The molecular formula is C12H23N3O2. The maximum Gasteiger partial charge on any atom is 0.315 e. The van der Waals surface area contributed by atoms with E-state index in [1.807, 2.05) is 6.92 Å². The zero-order valence-corrected chi connectivity index (χ0v) is 11.1. The van der Waals surface area contributed by atoms with Crippen LogP contribution in [0.15, 0.2) is 0 Å². The van der Waals surface area contributed by atoms with Crippen LogP contribution in [0.25, 0.3) is 0 Å². The molecule has 0 aromatic carbocycles. The van der Waals surface area contributed by atoms with Gasteiger partial charge in [0.1, 0.15) is 0 Å². The Bertz CT molecular complexity index is 293. The molecule has 0 aliphatic heterocycles. The fourth-order valence-corrected chi connectivity index (χ4v) is 1.13. The van der Waals surface area contributed by atoms with E-state index in [4.69, 9.17) is 0 Å². The standard InChI is InChI=1S/C12H23N3O2/c1-8(12(2,3)4)14-10(16)7-13-11(17)15-9-5-6-9/h8-9H,5-7H2,1-4H3,(H,14,16)(H2,13,15,17). The lowest BCUT2D eigenvalue weighted by molar-refractivity contribution is -0.121. The molecule has 1 fully saturated rings. The van der Waals surface area contributed by atoms with E-state index >= 15 is 0 Å². The molecule has 0 spiro atoms. The van der Waals surface area contributed by atoms with Crippen molar-refractivity contribution in [2.24, 2.45) is 5.41 Å². The predicted octanol–water partition coefficient (Wildman–Crippen LogP) is 0.999. The molecule has 1 saturated carbocycles. The molecular weight excluding hydrogens is 218 g/mol. The monoisotopic (exact) mass is 241 g/mol. The molecule has 17 heavy (non-hydrogen) atoms. The molecule has 98 valence electrons. The van der Waals surface area contributed by atoms with E-state index < -0.39 is 0 Å². The van der Waals surface area contributed by atoms with Gasteiger partial charge in [0.25, 0.3) is 0 Å². The fourth-order valence-electron chi connectivity index (χ4n) is 1.13. The van der Waals surface area contributed by atoms with Crippen molar-refractivity contribution in [1.29, 1.82) is 0 Å². The summed E-state index contributed by atoms with van der Waals surface area (Å²) >= 11 is 0. The average Bonchev–Trinajstić information content (AvgIpc) is 2.97. The summed E-state index contributed by atoms with van der Waals surface area (Å²) in [5.74, 6) is -0.154. The molecule has 0 saturated heterocycles. The molecule has 1 aliphatic rings. The molecule has 5 heteroatoms. The van der Waals surface area contributed by atoms with E-state index in [1.54, 1.807) is 0 Å². The van der Waals surface area contributed by atoms with Gasteiger partial charge in [-0.3, -0.25) is 4.79 Å². The van der Waals surface area contributed by atoms with Crippen LogP contribution in [0.4, 0.5) is 4.79 Å². The Balaban J connectivity index is 2.17. The first kappa shape index (κ1) is 13.8. The van der Waals surface area contributed by atoms with Crippen LogP contribution in [0.3, 0.4) is 0 Å². The van der Waals surface area contributed by atoms with Crippen LogP contribution in [-0.2, 0) is 4.79 Å². The minimum absolute atomic E-state index is 0.0198. The Labute approximate surface area is 103 Å². The van der Waals surface area contributed by atoms with Crippen molar-refractivity contribution in [1.82, 2.24) is 16.0 Å². The zero-order valence-electron chi connectivity index (χ0n) is 11.1. The highest BCUT2D eigenvalue weighted by molar-refractivity contribution is 5.84. The smallest absolute Gasteiger partial charge is 0.315 e.